The fraction of sp³-hybridized carbons (Fsp3) is 0.706. The van der Waals surface area contributed by atoms with Crippen LogP contribution in [0.3, 0.4) is 0 Å². The Morgan fingerprint density at radius 1 is 1.19 bits per heavy atom. The molecule has 4 heteroatoms. The van der Waals surface area contributed by atoms with E-state index in [9.17, 15) is 4.79 Å². The summed E-state index contributed by atoms with van der Waals surface area (Å²) in [4.78, 5) is 16.7. The first kappa shape index (κ1) is 16.1. The number of allylic oxidation sites excluding steroid dienone is 3. The molecule has 118 valence electrons. The summed E-state index contributed by atoms with van der Waals surface area (Å²) in [7, 11) is 0. The van der Waals surface area contributed by atoms with Crippen LogP contribution in [-0.4, -0.2) is 48.1 Å². The van der Waals surface area contributed by atoms with Gasteiger partial charge in [0, 0.05) is 32.2 Å². The summed E-state index contributed by atoms with van der Waals surface area (Å²) in [6.07, 6.45) is 9.06. The Labute approximate surface area is 128 Å². The molecule has 1 atom stereocenters. The van der Waals surface area contributed by atoms with Gasteiger partial charge in [-0.15, -0.1) is 0 Å². The van der Waals surface area contributed by atoms with Gasteiger partial charge >= 0.3 is 6.09 Å². The molecule has 0 radical (unpaired) electrons. The van der Waals surface area contributed by atoms with Crippen LogP contribution < -0.4 is 0 Å². The second-order valence-corrected chi connectivity index (χ2v) is 5.82. The summed E-state index contributed by atoms with van der Waals surface area (Å²) in [5.41, 5.74) is 0. The van der Waals surface area contributed by atoms with Crippen molar-refractivity contribution in [2.75, 3.05) is 26.2 Å². The molecule has 21 heavy (non-hydrogen) atoms. The van der Waals surface area contributed by atoms with E-state index in [0.29, 0.717) is 17.7 Å². The largest absolute Gasteiger partial charge is 0.415 e. The van der Waals surface area contributed by atoms with Crippen LogP contribution in [0.1, 0.15) is 40.0 Å². The molecule has 0 spiro atoms. The van der Waals surface area contributed by atoms with E-state index >= 15 is 0 Å². The fourth-order valence-electron chi connectivity index (χ4n) is 3.16. The second kappa shape index (κ2) is 7.64. The Morgan fingerprint density at radius 2 is 1.90 bits per heavy atom. The van der Waals surface area contributed by atoms with Crippen molar-refractivity contribution < 1.29 is 9.53 Å². The topological polar surface area (TPSA) is 32.8 Å². The zero-order valence-corrected chi connectivity index (χ0v) is 13.5. The first-order valence-electron chi connectivity index (χ1n) is 8.31. The van der Waals surface area contributed by atoms with Gasteiger partial charge in [0.25, 0.3) is 0 Å². The zero-order chi connectivity index (χ0) is 15.2. The number of hydrogen-bond acceptors (Lipinski definition) is 3. The van der Waals surface area contributed by atoms with Crippen molar-refractivity contribution in [1.29, 1.82) is 0 Å². The average molecular weight is 292 g/mol. The third-order valence-corrected chi connectivity index (χ3v) is 4.33. The zero-order valence-electron chi connectivity index (χ0n) is 13.5. The highest BCUT2D eigenvalue weighted by Crippen LogP contribution is 2.23. The monoisotopic (exact) mass is 292 g/mol. The van der Waals surface area contributed by atoms with Crippen molar-refractivity contribution in [3.63, 3.8) is 0 Å². The van der Waals surface area contributed by atoms with Crippen LogP contribution in [0, 0.1) is 5.92 Å². The average Bonchev–Trinajstić information content (AvgIpc) is 2.83. The van der Waals surface area contributed by atoms with Gasteiger partial charge in [-0.05, 0) is 37.3 Å². The Morgan fingerprint density at radius 3 is 2.57 bits per heavy atom. The van der Waals surface area contributed by atoms with Crippen molar-refractivity contribution in [2.45, 2.75) is 46.1 Å². The molecule has 4 rings (SSSR count). The minimum atomic E-state index is -0.168. The molecule has 0 saturated carbocycles. The molecule has 2 bridgehead atoms. The number of nitrogens with zero attached hydrogens (tertiary/aromatic N) is 2. The van der Waals surface area contributed by atoms with Crippen LogP contribution in [-0.2, 0) is 4.74 Å². The maximum atomic E-state index is 12.3. The molecular weight excluding hydrogens is 264 g/mol. The van der Waals surface area contributed by atoms with Crippen LogP contribution in [0.4, 0.5) is 4.79 Å². The number of hydrogen-bond donors (Lipinski definition) is 0. The normalized spacial score (nSPS) is 30.9. The molecule has 0 aromatic rings. The number of fused-ring (bicyclic) bond motifs is 4. The predicted octanol–water partition coefficient (Wildman–Crippen LogP) is 3.41. The number of carbonyl (C=O) groups excluding carboxylic acids is 1. The summed E-state index contributed by atoms with van der Waals surface area (Å²) in [6.45, 7) is 10.2. The molecule has 4 aliphatic rings. The van der Waals surface area contributed by atoms with Gasteiger partial charge < -0.3 is 14.5 Å². The SMILES string of the molecule is CC.CC1C=C(OC(=O)N2CCN3CCC2CC3)C=CC1. The van der Waals surface area contributed by atoms with E-state index in [1.807, 2.05) is 30.9 Å². The van der Waals surface area contributed by atoms with Crippen molar-refractivity contribution in [3.05, 3.63) is 24.0 Å². The quantitative estimate of drug-likeness (QED) is 0.742. The lowest BCUT2D eigenvalue weighted by molar-refractivity contribution is 0.111. The summed E-state index contributed by atoms with van der Waals surface area (Å²) in [5, 5.41) is 0. The van der Waals surface area contributed by atoms with Crippen LogP contribution in [0.2, 0.25) is 0 Å². The maximum Gasteiger partial charge on any atom is 0.415 e. The van der Waals surface area contributed by atoms with E-state index in [0.717, 1.165) is 45.4 Å². The van der Waals surface area contributed by atoms with E-state index in [-0.39, 0.29) is 6.09 Å². The Balaban J connectivity index is 0.000000774. The Hall–Kier alpha value is -1.29. The van der Waals surface area contributed by atoms with E-state index in [1.165, 1.54) is 0 Å². The third kappa shape index (κ3) is 4.10. The lowest BCUT2D eigenvalue weighted by atomic mass is 10.0. The first-order chi connectivity index (χ1) is 10.2. The molecule has 0 aromatic heterocycles. The molecule has 3 saturated heterocycles. The number of piperidine rings is 1. The van der Waals surface area contributed by atoms with E-state index < -0.39 is 0 Å². The molecule has 1 amide bonds. The van der Waals surface area contributed by atoms with Crippen LogP contribution in [0.15, 0.2) is 24.0 Å². The summed E-state index contributed by atoms with van der Waals surface area (Å²) in [6, 6.07) is 0.372. The van der Waals surface area contributed by atoms with Gasteiger partial charge in [-0.25, -0.2) is 4.79 Å². The Bertz CT molecular complexity index is 409. The lowest BCUT2D eigenvalue weighted by Crippen LogP contribution is -2.41. The van der Waals surface area contributed by atoms with Gasteiger partial charge in [0.05, 0.1) is 0 Å². The third-order valence-electron chi connectivity index (χ3n) is 4.33. The van der Waals surface area contributed by atoms with Crippen molar-refractivity contribution >= 4 is 6.09 Å². The van der Waals surface area contributed by atoms with E-state index in [4.69, 9.17) is 4.74 Å². The second-order valence-electron chi connectivity index (χ2n) is 5.82. The van der Waals surface area contributed by atoms with Crippen LogP contribution in [0.25, 0.3) is 0 Å². The van der Waals surface area contributed by atoms with Gasteiger partial charge in [-0.2, -0.15) is 0 Å². The maximum absolute atomic E-state index is 12.3. The molecule has 0 N–H and O–H groups in total. The van der Waals surface area contributed by atoms with Crippen LogP contribution >= 0.6 is 0 Å². The van der Waals surface area contributed by atoms with Crippen molar-refractivity contribution in [3.8, 4) is 0 Å². The number of ether oxygens (including phenoxy) is 1. The molecule has 4 nitrogen and oxygen atoms in total. The first-order valence-corrected chi connectivity index (χ1v) is 8.31. The van der Waals surface area contributed by atoms with Crippen molar-refractivity contribution in [1.82, 2.24) is 9.80 Å². The van der Waals surface area contributed by atoms with Crippen LogP contribution in [0.5, 0.6) is 0 Å². The summed E-state index contributed by atoms with van der Waals surface area (Å²) < 4.78 is 5.55. The van der Waals surface area contributed by atoms with Crippen molar-refractivity contribution in [2.24, 2.45) is 5.92 Å². The lowest BCUT2D eigenvalue weighted by Gasteiger charge is -2.30. The fourth-order valence-corrected chi connectivity index (χ4v) is 3.16. The van der Waals surface area contributed by atoms with E-state index in [1.54, 1.807) is 0 Å². The number of rotatable bonds is 1. The van der Waals surface area contributed by atoms with Gasteiger partial charge in [0.2, 0.25) is 0 Å². The minimum absolute atomic E-state index is 0.168. The molecular formula is C17H28N2O2. The Kier molecular flexibility index (Phi) is 5.85. The minimum Gasteiger partial charge on any atom is -0.411 e. The number of carbonyl (C=O) groups is 1. The van der Waals surface area contributed by atoms with Gasteiger partial charge in [-0.3, -0.25) is 0 Å². The highest BCUT2D eigenvalue weighted by Gasteiger charge is 2.33. The highest BCUT2D eigenvalue weighted by molar-refractivity contribution is 5.70. The molecule has 1 aliphatic carbocycles. The number of amides is 1. The molecule has 3 heterocycles. The van der Waals surface area contributed by atoms with Gasteiger partial charge in [-0.1, -0.05) is 26.8 Å². The summed E-state index contributed by atoms with van der Waals surface area (Å²) >= 11 is 0. The molecule has 3 fully saturated rings. The summed E-state index contributed by atoms with van der Waals surface area (Å²) in [5.74, 6) is 1.17. The highest BCUT2D eigenvalue weighted by atomic mass is 16.6. The molecule has 1 unspecified atom stereocenters. The molecule has 3 aliphatic heterocycles. The smallest absolute Gasteiger partial charge is 0.411 e. The van der Waals surface area contributed by atoms with Gasteiger partial charge in [0.1, 0.15) is 5.76 Å². The van der Waals surface area contributed by atoms with E-state index in [2.05, 4.69) is 17.9 Å². The standard InChI is InChI=1S/C15H22N2O2.C2H6/c1-12-3-2-4-14(11-12)19-15(18)17-10-9-16-7-5-13(17)6-8-16;1-2/h2,4,11-13H,3,5-10H2,1H3;1-2H3. The van der Waals surface area contributed by atoms with Gasteiger partial charge in [0.15, 0.2) is 0 Å². The predicted molar refractivity (Wildman–Crippen MR) is 85.0 cm³/mol. The molecule has 0 aromatic carbocycles.